The summed E-state index contributed by atoms with van der Waals surface area (Å²) in [5.41, 5.74) is 9.35. The minimum Gasteiger partial charge on any atom is -0.475 e. The topological polar surface area (TPSA) is 113 Å². The molecule has 1 saturated heterocycles. The van der Waals surface area contributed by atoms with Crippen LogP contribution in [-0.4, -0.2) is 47.1 Å². The van der Waals surface area contributed by atoms with Crippen molar-refractivity contribution in [2.75, 3.05) is 18.8 Å². The van der Waals surface area contributed by atoms with Crippen LogP contribution < -0.4 is 11.1 Å². The number of alkyl halides is 3. The van der Waals surface area contributed by atoms with Gasteiger partial charge < -0.3 is 21.1 Å². The Morgan fingerprint density at radius 2 is 1.59 bits per heavy atom. The first kappa shape index (κ1) is 23.1. The van der Waals surface area contributed by atoms with Crippen molar-refractivity contribution in [1.82, 2.24) is 10.2 Å². The van der Waals surface area contributed by atoms with Crippen molar-refractivity contribution in [2.45, 2.75) is 25.1 Å². The molecular formula is C22H22F3N3O4. The van der Waals surface area contributed by atoms with Gasteiger partial charge in [-0.25, -0.2) is 4.79 Å². The molecule has 0 aromatic heterocycles. The predicted molar refractivity (Wildman–Crippen MR) is 110 cm³/mol. The zero-order valence-electron chi connectivity index (χ0n) is 17.1. The Morgan fingerprint density at radius 1 is 1.03 bits per heavy atom. The van der Waals surface area contributed by atoms with Crippen molar-refractivity contribution in [3.63, 3.8) is 0 Å². The van der Waals surface area contributed by atoms with E-state index in [9.17, 15) is 22.8 Å². The number of nitrogens with zero attached hydrogens (tertiary/aromatic N) is 1. The highest BCUT2D eigenvalue weighted by atomic mass is 19.4. The van der Waals surface area contributed by atoms with E-state index in [2.05, 4.69) is 17.4 Å². The van der Waals surface area contributed by atoms with Gasteiger partial charge in [0.15, 0.2) is 0 Å². The molecule has 2 amide bonds. The van der Waals surface area contributed by atoms with Gasteiger partial charge in [0.1, 0.15) is 0 Å². The van der Waals surface area contributed by atoms with Gasteiger partial charge in [0.2, 0.25) is 5.91 Å². The largest absolute Gasteiger partial charge is 0.490 e. The second-order valence-electron chi connectivity index (χ2n) is 7.70. The molecule has 1 heterocycles. The van der Waals surface area contributed by atoms with E-state index in [1.165, 1.54) is 11.1 Å². The minimum atomic E-state index is -5.08. The molecular weight excluding hydrogens is 427 g/mol. The number of hydrogen-bond donors (Lipinski definition) is 3. The Hall–Kier alpha value is -3.56. The van der Waals surface area contributed by atoms with Gasteiger partial charge in [-0.2, -0.15) is 13.2 Å². The SMILES string of the molecule is CC(=O)N1C[C@H]2[C@@H](C1)c1ccccc1[C@@H]2NC(=O)c1ccc(N)cc1.O=C(O)C(F)(F)F. The van der Waals surface area contributed by atoms with Crippen LogP contribution in [0.15, 0.2) is 48.5 Å². The van der Waals surface area contributed by atoms with E-state index in [1.54, 1.807) is 31.2 Å². The Bertz CT molecular complexity index is 1020. The monoisotopic (exact) mass is 449 g/mol. The maximum atomic E-state index is 12.7. The molecule has 32 heavy (non-hydrogen) atoms. The highest BCUT2D eigenvalue weighted by molar-refractivity contribution is 5.95. The molecule has 4 rings (SSSR count). The molecule has 10 heteroatoms. The summed E-state index contributed by atoms with van der Waals surface area (Å²) >= 11 is 0. The first-order valence-electron chi connectivity index (χ1n) is 9.80. The maximum absolute atomic E-state index is 12.7. The fraction of sp³-hybridized carbons (Fsp3) is 0.318. The number of benzene rings is 2. The number of amides is 2. The molecule has 3 atom stereocenters. The van der Waals surface area contributed by atoms with Crippen LogP contribution in [0.4, 0.5) is 18.9 Å². The van der Waals surface area contributed by atoms with E-state index in [1.807, 2.05) is 17.0 Å². The molecule has 2 aromatic carbocycles. The summed E-state index contributed by atoms with van der Waals surface area (Å²) in [7, 11) is 0. The molecule has 0 spiro atoms. The molecule has 170 valence electrons. The van der Waals surface area contributed by atoms with Crippen molar-refractivity contribution in [2.24, 2.45) is 5.92 Å². The van der Waals surface area contributed by atoms with Crippen LogP contribution in [0.25, 0.3) is 0 Å². The number of halogens is 3. The number of nitrogens with two attached hydrogens (primary N) is 1. The smallest absolute Gasteiger partial charge is 0.475 e. The van der Waals surface area contributed by atoms with E-state index < -0.39 is 12.1 Å². The van der Waals surface area contributed by atoms with Crippen LogP contribution in [0.1, 0.15) is 40.4 Å². The maximum Gasteiger partial charge on any atom is 0.490 e. The fourth-order valence-electron chi connectivity index (χ4n) is 4.16. The highest BCUT2D eigenvalue weighted by Crippen LogP contribution is 2.49. The molecule has 2 aliphatic rings. The number of carboxylic acid groups (broad SMARTS) is 1. The van der Waals surface area contributed by atoms with Crippen LogP contribution in [0, 0.1) is 5.92 Å². The third-order valence-electron chi connectivity index (χ3n) is 5.67. The zero-order valence-corrected chi connectivity index (χ0v) is 17.1. The molecule has 1 aliphatic carbocycles. The summed E-state index contributed by atoms with van der Waals surface area (Å²) in [6.45, 7) is 3.02. The van der Waals surface area contributed by atoms with Crippen molar-refractivity contribution in [3.8, 4) is 0 Å². The van der Waals surface area contributed by atoms with E-state index >= 15 is 0 Å². The lowest BCUT2D eigenvalue weighted by atomic mass is 9.94. The lowest BCUT2D eigenvalue weighted by Gasteiger charge is -2.22. The number of fused-ring (bicyclic) bond motifs is 3. The molecule has 0 saturated carbocycles. The van der Waals surface area contributed by atoms with Crippen LogP contribution in [0.3, 0.4) is 0 Å². The zero-order chi connectivity index (χ0) is 23.6. The number of nitrogen functional groups attached to an aromatic ring is 1. The first-order chi connectivity index (χ1) is 15.0. The Morgan fingerprint density at radius 3 is 2.12 bits per heavy atom. The van der Waals surface area contributed by atoms with Gasteiger partial charge in [0, 0.05) is 43.1 Å². The van der Waals surface area contributed by atoms with E-state index in [4.69, 9.17) is 15.6 Å². The number of anilines is 1. The van der Waals surface area contributed by atoms with Gasteiger partial charge in [-0.3, -0.25) is 9.59 Å². The number of hydrogen-bond acceptors (Lipinski definition) is 4. The molecule has 1 aliphatic heterocycles. The van der Waals surface area contributed by atoms with Gasteiger partial charge in [0.25, 0.3) is 5.91 Å². The number of rotatable bonds is 2. The molecule has 2 aromatic rings. The van der Waals surface area contributed by atoms with Crippen molar-refractivity contribution < 1.29 is 32.7 Å². The molecule has 7 nitrogen and oxygen atoms in total. The predicted octanol–water partition coefficient (Wildman–Crippen LogP) is 2.95. The van der Waals surface area contributed by atoms with Gasteiger partial charge in [0.05, 0.1) is 6.04 Å². The molecule has 4 N–H and O–H groups in total. The average molecular weight is 449 g/mol. The van der Waals surface area contributed by atoms with Crippen LogP contribution in [0.2, 0.25) is 0 Å². The number of likely N-dealkylation sites (tertiary alicyclic amines) is 1. The Labute approximate surface area is 182 Å². The van der Waals surface area contributed by atoms with Crippen LogP contribution in [-0.2, 0) is 9.59 Å². The van der Waals surface area contributed by atoms with E-state index in [-0.39, 0.29) is 29.7 Å². The van der Waals surface area contributed by atoms with Gasteiger partial charge in [-0.15, -0.1) is 0 Å². The standard InChI is InChI=1S/C20H21N3O2.C2HF3O2/c1-12(24)23-10-17-15-4-2-3-5-16(15)19(18(17)11-23)22-20(25)13-6-8-14(21)9-7-13;3-2(4,5)1(6)7/h2-9,17-19H,10-11,21H2,1H3,(H,22,25);(H,6,7)/t17-,18-,19-;/m0./s1. The number of carbonyl (C=O) groups is 3. The van der Waals surface area contributed by atoms with Crippen molar-refractivity contribution >= 4 is 23.5 Å². The summed E-state index contributed by atoms with van der Waals surface area (Å²) < 4.78 is 31.7. The number of carbonyl (C=O) groups excluding carboxylic acids is 2. The van der Waals surface area contributed by atoms with E-state index in [0.29, 0.717) is 17.8 Å². The van der Waals surface area contributed by atoms with Crippen molar-refractivity contribution in [1.29, 1.82) is 0 Å². The first-order valence-corrected chi connectivity index (χ1v) is 9.80. The fourth-order valence-corrected chi connectivity index (χ4v) is 4.16. The van der Waals surface area contributed by atoms with E-state index in [0.717, 1.165) is 6.54 Å². The quantitative estimate of drug-likeness (QED) is 0.611. The Balaban J connectivity index is 0.000000360. The highest BCUT2D eigenvalue weighted by Gasteiger charge is 2.47. The van der Waals surface area contributed by atoms with Crippen molar-refractivity contribution in [3.05, 3.63) is 65.2 Å². The molecule has 0 unspecified atom stereocenters. The second kappa shape index (κ2) is 8.89. The molecule has 0 bridgehead atoms. The third kappa shape index (κ3) is 4.84. The summed E-state index contributed by atoms with van der Waals surface area (Å²) in [6.07, 6.45) is -5.08. The average Bonchev–Trinajstić information content (AvgIpc) is 3.28. The van der Waals surface area contributed by atoms with Gasteiger partial charge in [-0.1, -0.05) is 24.3 Å². The summed E-state index contributed by atoms with van der Waals surface area (Å²) in [5, 5.41) is 10.3. The third-order valence-corrected chi connectivity index (χ3v) is 5.67. The summed E-state index contributed by atoms with van der Waals surface area (Å²) in [5.74, 6) is -2.26. The van der Waals surface area contributed by atoms with Gasteiger partial charge >= 0.3 is 12.1 Å². The lowest BCUT2D eigenvalue weighted by Crippen LogP contribution is -2.34. The second-order valence-corrected chi connectivity index (χ2v) is 7.70. The number of aliphatic carboxylic acids is 1. The Kier molecular flexibility index (Phi) is 6.42. The molecule has 0 radical (unpaired) electrons. The summed E-state index contributed by atoms with van der Waals surface area (Å²) in [6, 6.07) is 15.1. The van der Waals surface area contributed by atoms with Crippen LogP contribution in [0.5, 0.6) is 0 Å². The van der Waals surface area contributed by atoms with Gasteiger partial charge in [-0.05, 0) is 35.4 Å². The lowest BCUT2D eigenvalue weighted by molar-refractivity contribution is -0.192. The van der Waals surface area contributed by atoms with Crippen LogP contribution >= 0.6 is 0 Å². The molecule has 1 fully saturated rings. The normalized spacial score (nSPS) is 21.1. The number of nitrogens with one attached hydrogen (secondary N) is 1. The number of carboxylic acids is 1. The minimum absolute atomic E-state index is 0.0735. The summed E-state index contributed by atoms with van der Waals surface area (Å²) in [4.78, 5) is 35.3.